The fraction of sp³-hybridized carbons (Fsp3) is 0.636. The smallest absolute Gasteiger partial charge is 0.388 e. The molecule has 0 amide bonds. The summed E-state index contributed by atoms with van der Waals surface area (Å²) >= 11 is 0. The van der Waals surface area contributed by atoms with Crippen molar-refractivity contribution in [2.75, 3.05) is 0 Å². The van der Waals surface area contributed by atoms with Crippen LogP contribution in [0.4, 0.5) is 0 Å². The van der Waals surface area contributed by atoms with Gasteiger partial charge in [0.05, 0.1) is 22.1 Å². The van der Waals surface area contributed by atoms with Gasteiger partial charge in [0.25, 0.3) is 0 Å². The number of allylic oxidation sites excluding steroid dienone is 1. The normalized spacial score (nSPS) is 18.7. The van der Waals surface area contributed by atoms with E-state index in [1.807, 2.05) is 0 Å². The van der Waals surface area contributed by atoms with Gasteiger partial charge in [-0.1, -0.05) is 49.7 Å². The molecule has 88 valence electrons. The Morgan fingerprint density at radius 3 is 1.75 bits per heavy atom. The first kappa shape index (κ1) is 13.2. The van der Waals surface area contributed by atoms with E-state index in [2.05, 4.69) is 44.3 Å². The molecule has 0 unspecified atom stereocenters. The van der Waals surface area contributed by atoms with Crippen molar-refractivity contribution in [1.82, 2.24) is 0 Å². The molecular formula is C11H21N2OSi2+. The highest BCUT2D eigenvalue weighted by atomic mass is 28.3. The van der Waals surface area contributed by atoms with E-state index in [9.17, 15) is 5.11 Å². The maximum Gasteiger partial charge on any atom is 0.388 e. The average Bonchev–Trinajstić information content (AvgIpc) is 2.75. The summed E-state index contributed by atoms with van der Waals surface area (Å²) in [5.74, 6) is 0.298. The van der Waals surface area contributed by atoms with Crippen LogP contribution in [0.25, 0.3) is 4.98 Å². The van der Waals surface area contributed by atoms with Gasteiger partial charge in [-0.05, 0) is 0 Å². The van der Waals surface area contributed by atoms with Gasteiger partial charge in [-0.3, -0.25) is 0 Å². The number of hydrogen-bond donors (Lipinski definition) is 1. The highest BCUT2D eigenvalue weighted by Gasteiger charge is 2.51. The zero-order chi connectivity index (χ0) is 12.7. The maximum atomic E-state index is 9.87. The van der Waals surface area contributed by atoms with Crippen molar-refractivity contribution in [3.63, 3.8) is 0 Å². The second-order valence-electron chi connectivity index (χ2n) is 6.43. The van der Waals surface area contributed by atoms with E-state index in [4.69, 9.17) is 5.39 Å². The van der Waals surface area contributed by atoms with Crippen molar-refractivity contribution in [1.29, 1.82) is 5.39 Å². The van der Waals surface area contributed by atoms with Gasteiger partial charge < -0.3 is 5.11 Å². The SMILES string of the molecule is C[Si](C)(C)C1=C([Si](C)(C)C)C1/C(O)=C\[N+]#N. The van der Waals surface area contributed by atoms with Crippen LogP contribution in [0, 0.1) is 11.3 Å². The summed E-state index contributed by atoms with van der Waals surface area (Å²) in [7, 11) is -2.72. The van der Waals surface area contributed by atoms with Crippen LogP contribution >= 0.6 is 0 Å². The maximum absolute atomic E-state index is 9.87. The quantitative estimate of drug-likeness (QED) is 0.471. The minimum atomic E-state index is -1.36. The summed E-state index contributed by atoms with van der Waals surface area (Å²) in [6, 6.07) is 0. The standard InChI is InChI=1S/C11H20N2OSi2/c1-15(2,3)10-9(8(14)7-13-12)11(10)16(4,5)6/h7,9H,1-6H3/p+1/b8-7+. The topological polar surface area (TPSA) is 48.4 Å². The summed E-state index contributed by atoms with van der Waals surface area (Å²) in [4.78, 5) is 2.92. The monoisotopic (exact) mass is 253 g/mol. The summed E-state index contributed by atoms with van der Waals surface area (Å²) < 4.78 is 0. The third-order valence-corrected chi connectivity index (χ3v) is 7.48. The van der Waals surface area contributed by atoms with E-state index in [1.54, 1.807) is 0 Å². The van der Waals surface area contributed by atoms with Crippen molar-refractivity contribution in [2.24, 2.45) is 5.92 Å². The van der Waals surface area contributed by atoms with E-state index >= 15 is 0 Å². The molecule has 0 saturated heterocycles. The molecule has 0 fully saturated rings. The summed E-state index contributed by atoms with van der Waals surface area (Å²) in [6.07, 6.45) is 1.16. The van der Waals surface area contributed by atoms with Crippen LogP contribution in [0.15, 0.2) is 22.4 Å². The molecule has 3 nitrogen and oxygen atoms in total. The Hall–Kier alpha value is -0.866. The van der Waals surface area contributed by atoms with Crippen LogP contribution < -0.4 is 0 Å². The van der Waals surface area contributed by atoms with Gasteiger partial charge in [0, 0.05) is 0 Å². The molecule has 16 heavy (non-hydrogen) atoms. The fourth-order valence-corrected chi connectivity index (χ4v) is 8.80. The van der Waals surface area contributed by atoms with E-state index in [0.29, 0.717) is 0 Å². The molecule has 0 aromatic carbocycles. The first-order valence-corrected chi connectivity index (χ1v) is 12.6. The Bertz CT molecular complexity index is 381. The molecule has 0 aliphatic heterocycles. The number of diazo groups is 1. The molecule has 0 aromatic rings. The molecule has 0 aromatic heterocycles. The Labute approximate surface area is 99.5 Å². The van der Waals surface area contributed by atoms with Gasteiger partial charge >= 0.3 is 6.20 Å². The lowest BCUT2D eigenvalue weighted by molar-refractivity contribution is 0.385. The molecule has 0 radical (unpaired) electrons. The predicted molar refractivity (Wildman–Crippen MR) is 73.0 cm³/mol. The van der Waals surface area contributed by atoms with Crippen molar-refractivity contribution in [3.8, 4) is 0 Å². The van der Waals surface area contributed by atoms with Gasteiger partial charge in [0.2, 0.25) is 5.39 Å². The van der Waals surface area contributed by atoms with Crippen molar-refractivity contribution in [2.45, 2.75) is 39.3 Å². The van der Waals surface area contributed by atoms with E-state index in [-0.39, 0.29) is 11.7 Å². The molecule has 0 bridgehead atoms. The molecule has 1 aliphatic carbocycles. The lowest BCUT2D eigenvalue weighted by atomic mass is 10.3. The van der Waals surface area contributed by atoms with Crippen LogP contribution in [0.5, 0.6) is 0 Å². The lowest BCUT2D eigenvalue weighted by Gasteiger charge is -2.12. The van der Waals surface area contributed by atoms with E-state index in [0.717, 1.165) is 6.20 Å². The number of rotatable bonds is 3. The van der Waals surface area contributed by atoms with Gasteiger partial charge in [-0.15, -0.1) is 0 Å². The van der Waals surface area contributed by atoms with Gasteiger partial charge in [0.15, 0.2) is 10.7 Å². The molecule has 0 spiro atoms. The molecule has 0 atom stereocenters. The third-order valence-electron chi connectivity index (χ3n) is 2.89. The molecule has 5 heteroatoms. The summed E-state index contributed by atoms with van der Waals surface area (Å²) in [5.41, 5.74) is 0. The average molecular weight is 253 g/mol. The molecule has 1 rings (SSSR count). The summed E-state index contributed by atoms with van der Waals surface area (Å²) in [6.45, 7) is 13.8. The predicted octanol–water partition coefficient (Wildman–Crippen LogP) is 3.92. The fourth-order valence-electron chi connectivity index (χ4n) is 2.33. The van der Waals surface area contributed by atoms with E-state index < -0.39 is 16.1 Å². The zero-order valence-corrected chi connectivity index (χ0v) is 13.0. The molecule has 1 aliphatic rings. The number of hydrogen-bond acceptors (Lipinski definition) is 2. The van der Waals surface area contributed by atoms with Crippen molar-refractivity contribution in [3.05, 3.63) is 27.3 Å². The largest absolute Gasteiger partial charge is 0.505 e. The highest BCUT2D eigenvalue weighted by Crippen LogP contribution is 2.52. The highest BCUT2D eigenvalue weighted by molar-refractivity contribution is 6.92. The van der Waals surface area contributed by atoms with Crippen molar-refractivity contribution >= 4 is 16.1 Å². The van der Waals surface area contributed by atoms with E-state index in [1.165, 1.54) is 10.4 Å². The minimum Gasteiger partial charge on any atom is -0.505 e. The number of aliphatic hydroxyl groups is 1. The first-order valence-electron chi connectivity index (χ1n) is 5.59. The first-order chi connectivity index (χ1) is 7.10. The van der Waals surface area contributed by atoms with Crippen LogP contribution in [0.1, 0.15) is 0 Å². The lowest BCUT2D eigenvalue weighted by Crippen LogP contribution is -2.21. The Kier molecular flexibility index (Phi) is 3.18. The Morgan fingerprint density at radius 1 is 1.12 bits per heavy atom. The molecule has 0 saturated carbocycles. The van der Waals surface area contributed by atoms with Crippen LogP contribution in [-0.2, 0) is 0 Å². The van der Waals surface area contributed by atoms with Crippen LogP contribution in [0.2, 0.25) is 39.3 Å². The number of nitrogens with zero attached hydrogens (tertiary/aromatic N) is 2. The zero-order valence-electron chi connectivity index (χ0n) is 11.0. The van der Waals surface area contributed by atoms with Gasteiger partial charge in [-0.2, -0.15) is 0 Å². The summed E-state index contributed by atoms with van der Waals surface area (Å²) in [5, 5.41) is 21.3. The van der Waals surface area contributed by atoms with Gasteiger partial charge in [-0.25, -0.2) is 0 Å². The Morgan fingerprint density at radius 2 is 1.50 bits per heavy atom. The molecule has 0 heterocycles. The third kappa shape index (κ3) is 2.44. The second-order valence-corrected chi connectivity index (χ2v) is 16.5. The van der Waals surface area contributed by atoms with Crippen LogP contribution in [-0.4, -0.2) is 21.3 Å². The Balaban J connectivity index is 3.07. The van der Waals surface area contributed by atoms with Gasteiger partial charge in [0.1, 0.15) is 0 Å². The number of aliphatic hydroxyl groups excluding tert-OH is 1. The van der Waals surface area contributed by atoms with Crippen molar-refractivity contribution < 1.29 is 5.11 Å². The molecular weight excluding hydrogens is 232 g/mol. The molecule has 1 N–H and O–H groups in total. The van der Waals surface area contributed by atoms with Crippen LogP contribution in [0.3, 0.4) is 0 Å². The second kappa shape index (κ2) is 3.86. The minimum absolute atomic E-state index is 0.0919.